The smallest absolute Gasteiger partial charge is 0.267 e. The van der Waals surface area contributed by atoms with Crippen molar-refractivity contribution in [1.29, 1.82) is 0 Å². The number of amides is 2. The first-order valence-corrected chi connectivity index (χ1v) is 8.50. The number of benzene rings is 1. The third-order valence-corrected chi connectivity index (χ3v) is 5.04. The molecule has 0 radical (unpaired) electrons. The molecule has 1 unspecified atom stereocenters. The number of carbonyl (C=O) groups is 2. The van der Waals surface area contributed by atoms with Crippen molar-refractivity contribution in [1.82, 2.24) is 20.0 Å². The van der Waals surface area contributed by atoms with Crippen molar-refractivity contribution >= 4 is 11.8 Å². The van der Waals surface area contributed by atoms with Gasteiger partial charge in [-0.25, -0.2) is 0 Å². The van der Waals surface area contributed by atoms with E-state index in [0.29, 0.717) is 32.6 Å². The summed E-state index contributed by atoms with van der Waals surface area (Å²) in [4.78, 5) is 40.2. The van der Waals surface area contributed by atoms with Crippen molar-refractivity contribution in [2.24, 2.45) is 5.92 Å². The molecular weight excluding hydrogens is 320 g/mol. The molecule has 130 valence electrons. The summed E-state index contributed by atoms with van der Waals surface area (Å²) in [7, 11) is 0. The maximum atomic E-state index is 12.8. The van der Waals surface area contributed by atoms with Gasteiger partial charge >= 0.3 is 0 Å². The third-order valence-electron chi connectivity index (χ3n) is 5.04. The minimum Gasteiger partial charge on any atom is -0.338 e. The van der Waals surface area contributed by atoms with Crippen molar-refractivity contribution in [3.05, 3.63) is 57.5 Å². The van der Waals surface area contributed by atoms with Gasteiger partial charge in [0.25, 0.3) is 5.56 Å². The molecule has 0 saturated carbocycles. The van der Waals surface area contributed by atoms with Crippen molar-refractivity contribution in [3.63, 3.8) is 0 Å². The number of carbonyl (C=O) groups excluding carboxylic acids is 2. The molecule has 2 aromatic rings. The van der Waals surface area contributed by atoms with Crippen LogP contribution < -0.4 is 5.56 Å². The van der Waals surface area contributed by atoms with Crippen LogP contribution in [0, 0.1) is 5.92 Å². The summed E-state index contributed by atoms with van der Waals surface area (Å²) in [6.07, 6.45) is 0.812. The molecule has 0 bridgehead atoms. The van der Waals surface area contributed by atoms with Crippen molar-refractivity contribution < 1.29 is 9.59 Å². The van der Waals surface area contributed by atoms with E-state index >= 15 is 0 Å². The van der Waals surface area contributed by atoms with Gasteiger partial charge in [0.15, 0.2) is 0 Å². The lowest BCUT2D eigenvalue weighted by Gasteiger charge is -2.28. The van der Waals surface area contributed by atoms with Gasteiger partial charge < -0.3 is 14.9 Å². The average Bonchev–Trinajstić information content (AvgIpc) is 3.18. The van der Waals surface area contributed by atoms with Gasteiger partial charge in [0, 0.05) is 31.6 Å². The Hall–Kier alpha value is -2.83. The topological polar surface area (TPSA) is 89.3 Å². The van der Waals surface area contributed by atoms with Crippen LogP contribution in [0.3, 0.4) is 0 Å². The fraction of sp³-hybridized carbons (Fsp3) is 0.389. The quantitative estimate of drug-likeness (QED) is 0.859. The molecule has 1 aromatic heterocycles. The molecule has 2 amide bonds. The molecular formula is C18H20N4O3. The van der Waals surface area contributed by atoms with Crippen LogP contribution in [-0.4, -0.2) is 44.9 Å². The van der Waals surface area contributed by atoms with E-state index in [1.54, 1.807) is 9.80 Å². The van der Waals surface area contributed by atoms with Crippen molar-refractivity contribution in [2.45, 2.75) is 25.9 Å². The van der Waals surface area contributed by atoms with Gasteiger partial charge in [-0.1, -0.05) is 30.3 Å². The van der Waals surface area contributed by atoms with E-state index in [4.69, 9.17) is 0 Å². The number of aromatic amines is 2. The highest BCUT2D eigenvalue weighted by atomic mass is 16.2. The monoisotopic (exact) mass is 340 g/mol. The van der Waals surface area contributed by atoms with E-state index in [2.05, 4.69) is 10.2 Å². The molecule has 2 N–H and O–H groups in total. The number of nitrogens with one attached hydrogen (secondary N) is 2. The van der Waals surface area contributed by atoms with E-state index in [9.17, 15) is 14.4 Å². The zero-order valence-electron chi connectivity index (χ0n) is 13.8. The molecule has 2 aliphatic rings. The second-order valence-corrected chi connectivity index (χ2v) is 6.71. The van der Waals surface area contributed by atoms with Gasteiger partial charge in [0.2, 0.25) is 11.8 Å². The number of fused-ring (bicyclic) bond motifs is 1. The standard InChI is InChI=1S/C18H20N4O3/c23-16-8-13(10-22(16)9-12-4-2-1-3-5-12)18(25)21-7-6-14-15(11-21)19-20-17(14)24/h1-5,13H,6-11H2,(H2,19,20,24). The van der Waals surface area contributed by atoms with Gasteiger partial charge in [-0.3, -0.25) is 19.5 Å². The molecule has 0 spiro atoms. The molecule has 0 aliphatic carbocycles. The maximum absolute atomic E-state index is 12.8. The molecule has 7 nitrogen and oxygen atoms in total. The molecule has 3 heterocycles. The Morgan fingerprint density at radius 3 is 2.76 bits per heavy atom. The Balaban J connectivity index is 1.42. The van der Waals surface area contributed by atoms with Crippen molar-refractivity contribution in [2.75, 3.05) is 13.1 Å². The summed E-state index contributed by atoms with van der Waals surface area (Å²) >= 11 is 0. The van der Waals surface area contributed by atoms with E-state index < -0.39 is 0 Å². The maximum Gasteiger partial charge on any atom is 0.267 e. The number of hydrogen-bond donors (Lipinski definition) is 2. The summed E-state index contributed by atoms with van der Waals surface area (Å²) in [6, 6.07) is 9.80. The lowest BCUT2D eigenvalue weighted by atomic mass is 10.0. The Morgan fingerprint density at radius 1 is 1.16 bits per heavy atom. The molecule has 1 fully saturated rings. The Kier molecular flexibility index (Phi) is 3.91. The van der Waals surface area contributed by atoms with E-state index in [1.807, 2.05) is 30.3 Å². The van der Waals surface area contributed by atoms with E-state index in [0.717, 1.165) is 16.8 Å². The number of rotatable bonds is 3. The van der Waals surface area contributed by atoms with Gasteiger partial charge in [-0.2, -0.15) is 0 Å². The van der Waals surface area contributed by atoms with Crippen LogP contribution in [-0.2, 0) is 29.1 Å². The molecule has 1 aromatic carbocycles. The first kappa shape index (κ1) is 15.7. The molecule has 1 saturated heterocycles. The van der Waals surface area contributed by atoms with Gasteiger partial charge in [-0.15, -0.1) is 0 Å². The van der Waals surface area contributed by atoms with Gasteiger partial charge in [-0.05, 0) is 12.0 Å². The number of nitrogens with zero attached hydrogens (tertiary/aromatic N) is 2. The molecule has 2 aliphatic heterocycles. The zero-order chi connectivity index (χ0) is 17.4. The van der Waals surface area contributed by atoms with E-state index in [1.165, 1.54) is 0 Å². The van der Waals surface area contributed by atoms with E-state index in [-0.39, 0.29) is 29.7 Å². The highest BCUT2D eigenvalue weighted by molar-refractivity contribution is 5.89. The van der Waals surface area contributed by atoms with Crippen LogP contribution in [0.2, 0.25) is 0 Å². The highest BCUT2D eigenvalue weighted by Crippen LogP contribution is 2.24. The summed E-state index contributed by atoms with van der Waals surface area (Å²) in [6.45, 7) is 1.92. The van der Waals surface area contributed by atoms with Crippen LogP contribution in [0.5, 0.6) is 0 Å². The Labute approximate surface area is 144 Å². The average molecular weight is 340 g/mol. The second kappa shape index (κ2) is 6.23. The Bertz CT molecular complexity index is 855. The predicted octanol–water partition coefficient (Wildman–Crippen LogP) is 0.636. The lowest BCUT2D eigenvalue weighted by Crippen LogP contribution is -2.41. The van der Waals surface area contributed by atoms with Crippen LogP contribution in [0.4, 0.5) is 0 Å². The number of hydrogen-bond acceptors (Lipinski definition) is 3. The molecule has 25 heavy (non-hydrogen) atoms. The van der Waals surface area contributed by atoms with Crippen LogP contribution >= 0.6 is 0 Å². The first-order chi connectivity index (χ1) is 12.1. The fourth-order valence-electron chi connectivity index (χ4n) is 3.68. The largest absolute Gasteiger partial charge is 0.338 e. The fourth-order valence-corrected chi connectivity index (χ4v) is 3.68. The third kappa shape index (κ3) is 2.97. The highest BCUT2D eigenvalue weighted by Gasteiger charge is 2.37. The zero-order valence-corrected chi connectivity index (χ0v) is 13.8. The van der Waals surface area contributed by atoms with Crippen LogP contribution in [0.1, 0.15) is 23.2 Å². The minimum absolute atomic E-state index is 0.00314. The van der Waals surface area contributed by atoms with Crippen LogP contribution in [0.15, 0.2) is 35.1 Å². The van der Waals surface area contributed by atoms with Crippen LogP contribution in [0.25, 0.3) is 0 Å². The molecule has 4 rings (SSSR count). The summed E-state index contributed by atoms with van der Waals surface area (Å²) in [5.41, 5.74) is 2.47. The molecule has 7 heteroatoms. The summed E-state index contributed by atoms with van der Waals surface area (Å²) in [5, 5.41) is 5.41. The summed E-state index contributed by atoms with van der Waals surface area (Å²) in [5.74, 6) is -0.282. The number of likely N-dealkylation sites (tertiary alicyclic amines) is 1. The number of H-pyrrole nitrogens is 2. The van der Waals surface area contributed by atoms with Gasteiger partial charge in [0.05, 0.1) is 18.2 Å². The predicted molar refractivity (Wildman–Crippen MR) is 90.5 cm³/mol. The lowest BCUT2D eigenvalue weighted by molar-refractivity contribution is -0.136. The number of aromatic nitrogens is 2. The van der Waals surface area contributed by atoms with Crippen molar-refractivity contribution in [3.8, 4) is 0 Å². The minimum atomic E-state index is -0.302. The first-order valence-electron chi connectivity index (χ1n) is 8.50. The summed E-state index contributed by atoms with van der Waals surface area (Å²) < 4.78 is 0. The SMILES string of the molecule is O=C1CC(C(=O)N2CCc3c([nH][nH]c3=O)C2)CN1Cc1ccccc1. The Morgan fingerprint density at radius 2 is 1.96 bits per heavy atom. The van der Waals surface area contributed by atoms with Gasteiger partial charge in [0.1, 0.15) is 0 Å². The normalized spacial score (nSPS) is 20.0. The molecule has 1 atom stereocenters. The second-order valence-electron chi connectivity index (χ2n) is 6.71.